The summed E-state index contributed by atoms with van der Waals surface area (Å²) in [4.78, 5) is 12.8. The van der Waals surface area contributed by atoms with Crippen molar-refractivity contribution in [2.45, 2.75) is 51.4 Å². The second-order valence-electron chi connectivity index (χ2n) is 7.38. The van der Waals surface area contributed by atoms with E-state index in [0.29, 0.717) is 17.9 Å². The molecule has 152 valence electrons. The Kier molecular flexibility index (Phi) is 11.0. The number of hydrogen-bond acceptors (Lipinski definition) is 2. The maximum Gasteiger partial charge on any atom is 0.334 e. The fourth-order valence-corrected chi connectivity index (χ4v) is 4.03. The van der Waals surface area contributed by atoms with Gasteiger partial charge in [-0.2, -0.15) is 0 Å². The van der Waals surface area contributed by atoms with Crippen LogP contribution in [0.3, 0.4) is 0 Å². The lowest BCUT2D eigenvalue weighted by Crippen LogP contribution is -2.25. The number of hydrogen-bond donors (Lipinski definition) is 0. The molecule has 0 spiro atoms. The first-order valence-corrected chi connectivity index (χ1v) is 11.7. The molecule has 0 aliphatic heterocycles. The van der Waals surface area contributed by atoms with Crippen molar-refractivity contribution in [2.24, 2.45) is 11.8 Å². The number of allylic oxidation sites excluding steroid dienone is 3. The molecule has 2 atom stereocenters. The summed E-state index contributed by atoms with van der Waals surface area (Å²) in [5, 5.41) is 0.674. The molecular weight excluding hydrogens is 412 g/mol. The molecule has 0 aromatic heterocycles. The molecule has 3 heteroatoms. The molecule has 1 aromatic rings. The van der Waals surface area contributed by atoms with Gasteiger partial charge in [-0.25, -0.2) is 4.79 Å². The third kappa shape index (κ3) is 7.79. The van der Waals surface area contributed by atoms with Crippen LogP contribution in [-0.4, -0.2) is 17.9 Å². The molecule has 0 amide bonds. The van der Waals surface area contributed by atoms with E-state index in [9.17, 15) is 4.79 Å². The molecule has 0 saturated heterocycles. The summed E-state index contributed by atoms with van der Waals surface area (Å²) in [6.07, 6.45) is 17.4. The first kappa shape index (κ1) is 22.7. The van der Waals surface area contributed by atoms with Crippen LogP contribution in [0.1, 0.15) is 56.9 Å². The summed E-state index contributed by atoms with van der Waals surface area (Å²) in [6, 6.07) is 10.4. The van der Waals surface area contributed by atoms with Gasteiger partial charge in [0, 0.05) is 10.9 Å². The maximum atomic E-state index is 12.8. The molecule has 0 N–H and O–H groups in total. The van der Waals surface area contributed by atoms with Crippen molar-refractivity contribution >= 4 is 28.0 Å². The van der Waals surface area contributed by atoms with Crippen LogP contribution in [-0.2, 0) is 9.53 Å². The Balaban J connectivity index is 2.13. The molecule has 1 aliphatic carbocycles. The second-order valence-corrected chi connectivity index (χ2v) is 8.18. The first-order valence-electron chi connectivity index (χ1n) is 10.5. The fraction of sp³-hybridized carbons (Fsp3) is 0.480. The van der Waals surface area contributed by atoms with Gasteiger partial charge in [0.25, 0.3) is 0 Å². The molecule has 1 fully saturated rings. The lowest BCUT2D eigenvalue weighted by molar-refractivity contribution is -0.139. The van der Waals surface area contributed by atoms with Crippen LogP contribution in [0.4, 0.5) is 0 Å². The zero-order valence-electron chi connectivity index (χ0n) is 16.8. The van der Waals surface area contributed by atoms with Gasteiger partial charge in [0.1, 0.15) is 6.61 Å². The highest BCUT2D eigenvalue weighted by Crippen LogP contribution is 2.37. The second kappa shape index (κ2) is 13.5. The Bertz CT molecular complexity index is 648. The predicted molar refractivity (Wildman–Crippen MR) is 122 cm³/mol. The van der Waals surface area contributed by atoms with Gasteiger partial charge in [0.2, 0.25) is 0 Å². The molecule has 0 bridgehead atoms. The number of rotatable bonds is 11. The summed E-state index contributed by atoms with van der Waals surface area (Å²) in [6.45, 7) is 4.20. The van der Waals surface area contributed by atoms with E-state index in [-0.39, 0.29) is 11.9 Å². The zero-order chi connectivity index (χ0) is 20.0. The molecule has 2 unspecified atom stereocenters. The average Bonchev–Trinajstić information content (AvgIpc) is 2.74. The fourth-order valence-electron chi connectivity index (χ4n) is 3.87. The quantitative estimate of drug-likeness (QED) is 0.119. The Labute approximate surface area is 178 Å². The standard InChI is InChI=1S/C25H33BrO2/c1-2-3-4-5-9-16-24(25(27)28-20-19-26)23-15-11-10-14-22(23)18-17-21-12-7-6-8-13-21/h2,6-8,12-13,16-18,22-23H,1,3-5,9-11,14-15,19-20H2/b18-17+,24-16+. The largest absolute Gasteiger partial charge is 0.461 e. The van der Waals surface area contributed by atoms with Crippen LogP contribution >= 0.6 is 15.9 Å². The van der Waals surface area contributed by atoms with E-state index in [1.165, 1.54) is 18.4 Å². The SMILES string of the molecule is C=CCCCC/C=C(/C(=O)OCCBr)C1CCCCC1/C=C/c1ccccc1. The van der Waals surface area contributed by atoms with Crippen molar-refractivity contribution in [2.75, 3.05) is 11.9 Å². The number of carbonyl (C=O) groups is 1. The highest BCUT2D eigenvalue weighted by molar-refractivity contribution is 9.09. The average molecular weight is 445 g/mol. The summed E-state index contributed by atoms with van der Waals surface area (Å²) in [5.74, 6) is 0.522. The van der Waals surface area contributed by atoms with Crippen LogP contribution < -0.4 is 0 Å². The van der Waals surface area contributed by atoms with Gasteiger partial charge in [-0.1, -0.05) is 83.4 Å². The zero-order valence-corrected chi connectivity index (χ0v) is 18.4. The van der Waals surface area contributed by atoms with E-state index in [4.69, 9.17) is 4.74 Å². The van der Waals surface area contributed by atoms with Gasteiger partial charge in [-0.05, 0) is 55.9 Å². The summed E-state index contributed by atoms with van der Waals surface area (Å²) in [5.41, 5.74) is 2.10. The summed E-state index contributed by atoms with van der Waals surface area (Å²) in [7, 11) is 0. The number of unbranched alkanes of at least 4 members (excludes halogenated alkanes) is 3. The van der Waals surface area contributed by atoms with Crippen molar-refractivity contribution in [3.05, 3.63) is 66.3 Å². The Hall–Kier alpha value is -1.61. The van der Waals surface area contributed by atoms with Crippen molar-refractivity contribution < 1.29 is 9.53 Å². The van der Waals surface area contributed by atoms with E-state index in [2.05, 4.69) is 65.0 Å². The number of benzene rings is 1. The monoisotopic (exact) mass is 444 g/mol. The van der Waals surface area contributed by atoms with Crippen molar-refractivity contribution in [1.82, 2.24) is 0 Å². The molecule has 1 saturated carbocycles. The number of ether oxygens (including phenoxy) is 1. The van der Waals surface area contributed by atoms with E-state index in [0.717, 1.165) is 44.1 Å². The van der Waals surface area contributed by atoms with Crippen molar-refractivity contribution in [3.8, 4) is 0 Å². The number of alkyl halides is 1. The third-order valence-corrected chi connectivity index (χ3v) is 5.65. The summed E-state index contributed by atoms with van der Waals surface area (Å²) >= 11 is 3.35. The Morgan fingerprint density at radius 3 is 2.64 bits per heavy atom. The van der Waals surface area contributed by atoms with E-state index in [1.807, 2.05) is 12.1 Å². The third-order valence-electron chi connectivity index (χ3n) is 5.33. The molecule has 0 heterocycles. The predicted octanol–water partition coefficient (Wildman–Crippen LogP) is 7.12. The Morgan fingerprint density at radius 2 is 1.89 bits per heavy atom. The maximum absolute atomic E-state index is 12.8. The number of esters is 1. The van der Waals surface area contributed by atoms with Crippen molar-refractivity contribution in [1.29, 1.82) is 0 Å². The minimum absolute atomic E-state index is 0.131. The highest BCUT2D eigenvalue weighted by Gasteiger charge is 2.30. The van der Waals surface area contributed by atoms with Crippen LogP contribution in [0.5, 0.6) is 0 Å². The first-order chi connectivity index (χ1) is 13.8. The van der Waals surface area contributed by atoms with E-state index >= 15 is 0 Å². The van der Waals surface area contributed by atoms with Gasteiger partial charge < -0.3 is 4.74 Å². The van der Waals surface area contributed by atoms with E-state index in [1.54, 1.807) is 0 Å². The molecule has 2 nitrogen and oxygen atoms in total. The molecule has 1 aliphatic rings. The number of carbonyl (C=O) groups excluding carboxylic acids is 1. The Morgan fingerprint density at radius 1 is 1.14 bits per heavy atom. The van der Waals surface area contributed by atoms with Gasteiger partial charge in [0.15, 0.2) is 0 Å². The van der Waals surface area contributed by atoms with Gasteiger partial charge >= 0.3 is 5.97 Å². The number of halogens is 1. The molecule has 2 rings (SSSR count). The molecule has 0 radical (unpaired) electrons. The van der Waals surface area contributed by atoms with Crippen molar-refractivity contribution in [3.63, 3.8) is 0 Å². The normalized spacial score (nSPS) is 20.2. The van der Waals surface area contributed by atoms with Crippen LogP contribution in [0, 0.1) is 11.8 Å². The van der Waals surface area contributed by atoms with E-state index < -0.39 is 0 Å². The lowest BCUT2D eigenvalue weighted by Gasteiger charge is -2.31. The topological polar surface area (TPSA) is 26.3 Å². The smallest absolute Gasteiger partial charge is 0.334 e. The lowest BCUT2D eigenvalue weighted by atomic mass is 9.74. The molecular formula is C25H33BrO2. The van der Waals surface area contributed by atoms with Gasteiger partial charge in [-0.15, -0.1) is 6.58 Å². The highest BCUT2D eigenvalue weighted by atomic mass is 79.9. The minimum Gasteiger partial charge on any atom is -0.461 e. The minimum atomic E-state index is -0.131. The van der Waals surface area contributed by atoms with Crippen LogP contribution in [0.15, 0.2) is 60.7 Å². The van der Waals surface area contributed by atoms with Crippen LogP contribution in [0.2, 0.25) is 0 Å². The molecule has 1 aromatic carbocycles. The molecule has 28 heavy (non-hydrogen) atoms. The van der Waals surface area contributed by atoms with Gasteiger partial charge in [-0.3, -0.25) is 0 Å². The van der Waals surface area contributed by atoms with Crippen LogP contribution in [0.25, 0.3) is 6.08 Å². The summed E-state index contributed by atoms with van der Waals surface area (Å²) < 4.78 is 5.50. The van der Waals surface area contributed by atoms with Gasteiger partial charge in [0.05, 0.1) is 0 Å².